The summed E-state index contributed by atoms with van der Waals surface area (Å²) in [5, 5.41) is 4.43. The van der Waals surface area contributed by atoms with Crippen LogP contribution in [0.15, 0.2) is 39.9 Å². The van der Waals surface area contributed by atoms with Crippen LogP contribution in [0.4, 0.5) is 0 Å². The normalized spacial score (nSPS) is 13.6. The first-order valence-corrected chi connectivity index (χ1v) is 10.4. The molecule has 7 nitrogen and oxygen atoms in total. The first-order valence-electron chi connectivity index (χ1n) is 8.12. The maximum Gasteiger partial charge on any atom is 0.252 e. The minimum atomic E-state index is -3.62. The number of nitrogens with zero attached hydrogens (tertiary/aromatic N) is 1. The van der Waals surface area contributed by atoms with Crippen LogP contribution in [0.5, 0.6) is 11.5 Å². The van der Waals surface area contributed by atoms with Crippen molar-refractivity contribution in [1.29, 1.82) is 0 Å². The number of fused-ring (bicyclic) bond motifs is 1. The van der Waals surface area contributed by atoms with Gasteiger partial charge in [0.2, 0.25) is 5.91 Å². The van der Waals surface area contributed by atoms with Crippen LogP contribution in [0.2, 0.25) is 0 Å². The van der Waals surface area contributed by atoms with Crippen LogP contribution < -0.4 is 14.8 Å². The fraction of sp³-hybridized carbons (Fsp3) is 0.353. The molecule has 3 rings (SSSR count). The number of carbonyl (C=O) groups is 1. The van der Waals surface area contributed by atoms with Gasteiger partial charge < -0.3 is 14.8 Å². The first-order chi connectivity index (χ1) is 12.5. The Morgan fingerprint density at radius 2 is 2.00 bits per heavy atom. The summed E-state index contributed by atoms with van der Waals surface area (Å²) in [6.45, 7) is 1.26. The summed E-state index contributed by atoms with van der Waals surface area (Å²) in [6, 6.07) is 8.86. The van der Waals surface area contributed by atoms with Crippen LogP contribution >= 0.6 is 11.3 Å². The minimum absolute atomic E-state index is 0.221. The summed E-state index contributed by atoms with van der Waals surface area (Å²) < 4.78 is 36.9. The van der Waals surface area contributed by atoms with Crippen molar-refractivity contribution < 1.29 is 22.7 Å². The van der Waals surface area contributed by atoms with E-state index in [0.29, 0.717) is 31.9 Å². The number of likely N-dealkylation sites (N-methyl/N-ethyl adjacent to an activating group) is 1. The van der Waals surface area contributed by atoms with E-state index in [0.717, 1.165) is 27.0 Å². The molecule has 0 unspecified atom stereocenters. The second-order valence-corrected chi connectivity index (χ2v) is 8.99. The lowest BCUT2D eigenvalue weighted by Gasteiger charge is -2.19. The number of thiophene rings is 1. The molecule has 0 bridgehead atoms. The molecule has 1 aromatic carbocycles. The molecule has 0 spiro atoms. The molecular weight excluding hydrogens is 376 g/mol. The molecule has 0 radical (unpaired) electrons. The second kappa shape index (κ2) is 8.07. The van der Waals surface area contributed by atoms with Gasteiger partial charge in [-0.15, -0.1) is 11.3 Å². The van der Waals surface area contributed by atoms with E-state index in [1.165, 1.54) is 13.1 Å². The zero-order chi connectivity index (χ0) is 18.6. The van der Waals surface area contributed by atoms with E-state index < -0.39 is 10.0 Å². The number of hydrogen-bond donors (Lipinski definition) is 1. The molecule has 2 aromatic rings. The summed E-state index contributed by atoms with van der Waals surface area (Å²) in [6.07, 6.45) is 0.615. The van der Waals surface area contributed by atoms with E-state index in [4.69, 9.17) is 9.47 Å². The number of nitrogens with one attached hydrogen (secondary N) is 1. The maximum atomic E-state index is 12.3. The average Bonchev–Trinajstić information content (AvgIpc) is 3.17. The molecule has 0 fully saturated rings. The van der Waals surface area contributed by atoms with Crippen molar-refractivity contribution in [2.75, 3.05) is 33.4 Å². The van der Waals surface area contributed by atoms with Gasteiger partial charge >= 0.3 is 0 Å². The van der Waals surface area contributed by atoms with Gasteiger partial charge in [0.25, 0.3) is 10.0 Å². The van der Waals surface area contributed by atoms with Gasteiger partial charge in [0, 0.05) is 13.6 Å². The predicted molar refractivity (Wildman–Crippen MR) is 98.3 cm³/mol. The first kappa shape index (κ1) is 18.7. The highest BCUT2D eigenvalue weighted by atomic mass is 32.2. The molecule has 1 amide bonds. The van der Waals surface area contributed by atoms with Crippen molar-refractivity contribution in [1.82, 2.24) is 9.62 Å². The van der Waals surface area contributed by atoms with Crippen LogP contribution in [0.1, 0.15) is 5.56 Å². The number of rotatable bonds is 7. The second-order valence-electron chi connectivity index (χ2n) is 5.77. The molecular formula is C17H20N2O5S2. The Morgan fingerprint density at radius 1 is 1.23 bits per heavy atom. The number of hydrogen-bond acceptors (Lipinski definition) is 6. The van der Waals surface area contributed by atoms with Gasteiger partial charge in [0.1, 0.15) is 17.4 Å². The van der Waals surface area contributed by atoms with Crippen LogP contribution in [0.25, 0.3) is 0 Å². The number of ether oxygens (including phenoxy) is 2. The molecule has 1 aromatic heterocycles. The van der Waals surface area contributed by atoms with Crippen LogP contribution in [0.3, 0.4) is 0 Å². The Bertz CT molecular complexity index is 865. The molecule has 1 N–H and O–H groups in total. The third-order valence-electron chi connectivity index (χ3n) is 3.87. The van der Waals surface area contributed by atoms with Gasteiger partial charge in [-0.25, -0.2) is 8.42 Å². The van der Waals surface area contributed by atoms with E-state index in [2.05, 4.69) is 5.32 Å². The third kappa shape index (κ3) is 4.35. The average molecular weight is 396 g/mol. The fourth-order valence-electron chi connectivity index (χ4n) is 2.50. The topological polar surface area (TPSA) is 84.9 Å². The SMILES string of the molecule is CN(CC(=O)NCCc1ccc2c(c1)OCCO2)S(=O)(=O)c1cccs1. The lowest BCUT2D eigenvalue weighted by Crippen LogP contribution is -2.38. The molecule has 0 saturated heterocycles. The number of sulfonamides is 1. The molecule has 26 heavy (non-hydrogen) atoms. The molecule has 0 aliphatic carbocycles. The lowest BCUT2D eigenvalue weighted by atomic mass is 10.1. The molecule has 9 heteroatoms. The predicted octanol–water partition coefficient (Wildman–Crippen LogP) is 1.50. The van der Waals surface area contributed by atoms with Gasteiger partial charge in [-0.2, -0.15) is 4.31 Å². The Balaban J connectivity index is 1.48. The highest BCUT2D eigenvalue weighted by Crippen LogP contribution is 2.30. The van der Waals surface area contributed by atoms with Crippen LogP contribution in [0, 0.1) is 0 Å². The minimum Gasteiger partial charge on any atom is -0.486 e. The number of benzene rings is 1. The van der Waals surface area contributed by atoms with Crippen LogP contribution in [-0.2, 0) is 21.2 Å². The van der Waals surface area contributed by atoms with Gasteiger partial charge in [-0.1, -0.05) is 12.1 Å². The maximum absolute atomic E-state index is 12.3. The summed E-state index contributed by atoms with van der Waals surface area (Å²) in [7, 11) is -2.22. The zero-order valence-corrected chi connectivity index (χ0v) is 15.9. The Labute approximate surface area is 156 Å². The molecule has 1 aliphatic rings. The summed E-state index contributed by atoms with van der Waals surface area (Å²) >= 11 is 1.13. The Kier molecular flexibility index (Phi) is 5.80. The fourth-order valence-corrected chi connectivity index (χ4v) is 4.82. The lowest BCUT2D eigenvalue weighted by molar-refractivity contribution is -0.121. The van der Waals surface area contributed by atoms with E-state index in [-0.39, 0.29) is 16.7 Å². The van der Waals surface area contributed by atoms with Crippen molar-refractivity contribution >= 4 is 27.3 Å². The van der Waals surface area contributed by atoms with Crippen molar-refractivity contribution in [2.24, 2.45) is 0 Å². The van der Waals surface area contributed by atoms with E-state index >= 15 is 0 Å². The molecule has 0 saturated carbocycles. The molecule has 1 aliphatic heterocycles. The molecule has 140 valence electrons. The molecule has 2 heterocycles. The summed E-state index contributed by atoms with van der Waals surface area (Å²) in [5.74, 6) is 1.09. The van der Waals surface area contributed by atoms with Crippen molar-refractivity contribution in [3.8, 4) is 11.5 Å². The van der Waals surface area contributed by atoms with E-state index in [1.807, 2.05) is 18.2 Å². The highest BCUT2D eigenvalue weighted by molar-refractivity contribution is 7.91. The molecule has 0 atom stereocenters. The summed E-state index contributed by atoms with van der Waals surface area (Å²) in [4.78, 5) is 12.0. The number of carbonyl (C=O) groups excluding carboxylic acids is 1. The van der Waals surface area contributed by atoms with Gasteiger partial charge in [-0.05, 0) is 35.6 Å². The van der Waals surface area contributed by atoms with Crippen LogP contribution in [-0.4, -0.2) is 52.0 Å². The Hall–Kier alpha value is -2.10. The van der Waals surface area contributed by atoms with Gasteiger partial charge in [0.15, 0.2) is 11.5 Å². The standard InChI is InChI=1S/C17H20N2O5S2/c1-19(26(21,22)17-3-2-10-25-17)12-16(20)18-7-6-13-4-5-14-15(11-13)24-9-8-23-14/h2-5,10-11H,6-9,12H2,1H3,(H,18,20). The largest absolute Gasteiger partial charge is 0.486 e. The zero-order valence-electron chi connectivity index (χ0n) is 14.3. The summed E-state index contributed by atoms with van der Waals surface area (Å²) in [5.41, 5.74) is 1.01. The van der Waals surface area contributed by atoms with E-state index in [9.17, 15) is 13.2 Å². The monoisotopic (exact) mass is 396 g/mol. The third-order valence-corrected chi connectivity index (χ3v) is 7.04. The number of amides is 1. The van der Waals surface area contributed by atoms with Crippen molar-refractivity contribution in [3.05, 3.63) is 41.3 Å². The Morgan fingerprint density at radius 3 is 2.73 bits per heavy atom. The van der Waals surface area contributed by atoms with Gasteiger partial charge in [-0.3, -0.25) is 4.79 Å². The highest BCUT2D eigenvalue weighted by Gasteiger charge is 2.23. The van der Waals surface area contributed by atoms with Crippen molar-refractivity contribution in [3.63, 3.8) is 0 Å². The quantitative estimate of drug-likeness (QED) is 0.767. The van der Waals surface area contributed by atoms with Gasteiger partial charge in [0.05, 0.1) is 6.54 Å². The van der Waals surface area contributed by atoms with Crippen molar-refractivity contribution in [2.45, 2.75) is 10.6 Å². The smallest absolute Gasteiger partial charge is 0.252 e. The van der Waals surface area contributed by atoms with E-state index in [1.54, 1.807) is 11.4 Å².